The third kappa shape index (κ3) is 4.24. The number of nitrogens with zero attached hydrogens (tertiary/aromatic N) is 3. The minimum atomic E-state index is -1.41. The molecule has 8 heteroatoms. The van der Waals surface area contributed by atoms with Crippen LogP contribution in [0.5, 0.6) is 0 Å². The Hall–Kier alpha value is -3.13. The second-order valence-electron chi connectivity index (χ2n) is 10.1. The van der Waals surface area contributed by atoms with E-state index in [-0.39, 0.29) is 30.7 Å². The molecule has 3 heterocycles. The topological polar surface area (TPSA) is 90.8 Å². The minimum absolute atomic E-state index is 0.136. The second kappa shape index (κ2) is 9.15. The van der Waals surface area contributed by atoms with Gasteiger partial charge in [-0.15, -0.1) is 0 Å². The van der Waals surface area contributed by atoms with Crippen molar-refractivity contribution in [1.82, 2.24) is 14.8 Å². The van der Waals surface area contributed by atoms with Crippen LogP contribution in [0.2, 0.25) is 0 Å². The van der Waals surface area contributed by atoms with Crippen molar-refractivity contribution in [2.45, 2.75) is 68.4 Å². The predicted molar refractivity (Wildman–Crippen MR) is 125 cm³/mol. The van der Waals surface area contributed by atoms with E-state index < -0.39 is 22.7 Å². The van der Waals surface area contributed by atoms with Gasteiger partial charge in [-0.25, -0.2) is 4.39 Å². The largest absolute Gasteiger partial charge is 0.383 e. The molecule has 1 N–H and O–H groups in total. The highest BCUT2D eigenvalue weighted by Gasteiger charge is 2.56. The molecule has 35 heavy (non-hydrogen) atoms. The van der Waals surface area contributed by atoms with E-state index in [0.29, 0.717) is 37.2 Å². The summed E-state index contributed by atoms with van der Waals surface area (Å²) in [5, 5.41) is 11.1. The van der Waals surface area contributed by atoms with Crippen LogP contribution < -0.4 is 0 Å². The fraction of sp³-hybridized carbons (Fsp3) is 0.481. The number of imide groups is 1. The Morgan fingerprint density at radius 1 is 1.09 bits per heavy atom. The van der Waals surface area contributed by atoms with Gasteiger partial charge in [0.05, 0.1) is 11.1 Å². The van der Waals surface area contributed by atoms with Crippen molar-refractivity contribution in [3.8, 4) is 0 Å². The molecular formula is C27H30FN3O4. The first kappa shape index (κ1) is 23.6. The van der Waals surface area contributed by atoms with Gasteiger partial charge in [0, 0.05) is 38.2 Å². The van der Waals surface area contributed by atoms with Crippen LogP contribution in [0.25, 0.3) is 0 Å². The van der Waals surface area contributed by atoms with Gasteiger partial charge in [0.15, 0.2) is 0 Å². The number of rotatable bonds is 5. The molecule has 2 saturated heterocycles. The van der Waals surface area contributed by atoms with Crippen LogP contribution in [0.3, 0.4) is 0 Å². The zero-order valence-corrected chi connectivity index (χ0v) is 19.7. The fourth-order valence-corrected chi connectivity index (χ4v) is 5.94. The van der Waals surface area contributed by atoms with Crippen molar-refractivity contribution in [3.05, 3.63) is 65.7 Å². The Morgan fingerprint density at radius 2 is 1.83 bits per heavy atom. The molecule has 1 aliphatic carbocycles. The molecule has 3 fully saturated rings. The van der Waals surface area contributed by atoms with Crippen molar-refractivity contribution in [1.29, 1.82) is 0 Å². The van der Waals surface area contributed by atoms with E-state index in [2.05, 4.69) is 4.98 Å². The molecule has 5 rings (SSSR count). The summed E-state index contributed by atoms with van der Waals surface area (Å²) in [6.45, 7) is 0.610. The van der Waals surface area contributed by atoms with Gasteiger partial charge in [-0.2, -0.15) is 0 Å². The van der Waals surface area contributed by atoms with Gasteiger partial charge in [0.25, 0.3) is 0 Å². The van der Waals surface area contributed by atoms with Crippen LogP contribution in [-0.2, 0) is 25.4 Å². The first-order valence-electron chi connectivity index (χ1n) is 12.4. The molecule has 0 bridgehead atoms. The van der Waals surface area contributed by atoms with Crippen molar-refractivity contribution in [2.24, 2.45) is 0 Å². The van der Waals surface area contributed by atoms with Gasteiger partial charge in [0.1, 0.15) is 11.4 Å². The van der Waals surface area contributed by atoms with Gasteiger partial charge >= 0.3 is 0 Å². The lowest BCUT2D eigenvalue weighted by molar-refractivity contribution is -0.146. The van der Waals surface area contributed by atoms with E-state index >= 15 is 0 Å². The Labute approximate surface area is 203 Å². The number of likely N-dealkylation sites (tertiary alicyclic amines) is 2. The standard InChI is InChI=1S/C27H30FN3O4/c28-20-7-5-6-19(16-20)26(18-24(33)31(25(26)34)21-8-1-2-9-21)17-23(32)30-14-11-27(35,12-15-30)22-10-3-4-13-29-22/h3-7,10,13,16,21,35H,1-2,8-9,11-12,14-15,17-18H2/t26-/m1/s1. The van der Waals surface area contributed by atoms with Crippen LogP contribution in [0.15, 0.2) is 48.7 Å². The Kier molecular flexibility index (Phi) is 6.17. The van der Waals surface area contributed by atoms with Gasteiger partial charge in [-0.3, -0.25) is 24.3 Å². The summed E-state index contributed by atoms with van der Waals surface area (Å²) in [6, 6.07) is 10.9. The SMILES string of the molecule is O=C(C[C@]1(c2cccc(F)c2)CC(=O)N(C2CCCC2)C1=O)N1CCC(O)(c2ccccn2)CC1. The number of piperidine rings is 1. The monoisotopic (exact) mass is 479 g/mol. The van der Waals surface area contributed by atoms with E-state index in [0.717, 1.165) is 25.7 Å². The molecule has 1 atom stereocenters. The molecule has 1 aromatic carbocycles. The summed E-state index contributed by atoms with van der Waals surface area (Å²) < 4.78 is 14.2. The van der Waals surface area contributed by atoms with Gasteiger partial charge in [0.2, 0.25) is 17.7 Å². The average molecular weight is 480 g/mol. The lowest BCUT2D eigenvalue weighted by atomic mass is 9.75. The van der Waals surface area contributed by atoms with Crippen LogP contribution in [0, 0.1) is 5.82 Å². The smallest absolute Gasteiger partial charge is 0.241 e. The third-order valence-electron chi connectivity index (χ3n) is 7.95. The summed E-state index contributed by atoms with van der Waals surface area (Å²) in [5.41, 5.74) is -1.58. The summed E-state index contributed by atoms with van der Waals surface area (Å²) >= 11 is 0. The molecule has 0 unspecified atom stereocenters. The summed E-state index contributed by atoms with van der Waals surface area (Å²) in [5.74, 6) is -1.46. The summed E-state index contributed by atoms with van der Waals surface area (Å²) in [7, 11) is 0. The summed E-state index contributed by atoms with van der Waals surface area (Å²) in [6.07, 6.45) is 5.39. The molecule has 0 radical (unpaired) electrons. The maximum absolute atomic E-state index is 14.2. The fourth-order valence-electron chi connectivity index (χ4n) is 5.94. The Balaban J connectivity index is 1.38. The van der Waals surface area contributed by atoms with E-state index in [1.807, 2.05) is 6.07 Å². The Bertz CT molecular complexity index is 1130. The van der Waals surface area contributed by atoms with Crippen molar-refractivity contribution >= 4 is 17.7 Å². The lowest BCUT2D eigenvalue weighted by Gasteiger charge is -2.39. The number of carbonyl (C=O) groups excluding carboxylic acids is 3. The number of amides is 3. The minimum Gasteiger partial charge on any atom is -0.383 e. The molecule has 1 aromatic heterocycles. The average Bonchev–Trinajstić information content (AvgIpc) is 3.46. The number of hydrogen-bond acceptors (Lipinski definition) is 5. The van der Waals surface area contributed by atoms with Crippen molar-refractivity contribution in [3.63, 3.8) is 0 Å². The maximum Gasteiger partial charge on any atom is 0.241 e. The molecule has 3 amide bonds. The zero-order chi connectivity index (χ0) is 24.6. The Morgan fingerprint density at radius 3 is 2.49 bits per heavy atom. The first-order valence-corrected chi connectivity index (χ1v) is 12.4. The number of hydrogen-bond donors (Lipinski definition) is 1. The number of benzene rings is 1. The molecule has 3 aliphatic rings. The second-order valence-corrected chi connectivity index (χ2v) is 10.1. The van der Waals surface area contributed by atoms with Crippen molar-refractivity contribution in [2.75, 3.05) is 13.1 Å². The molecule has 7 nitrogen and oxygen atoms in total. The van der Waals surface area contributed by atoms with E-state index in [1.54, 1.807) is 29.3 Å². The van der Waals surface area contributed by atoms with Crippen LogP contribution in [0.1, 0.15) is 62.6 Å². The highest BCUT2D eigenvalue weighted by molar-refractivity contribution is 6.11. The van der Waals surface area contributed by atoms with E-state index in [9.17, 15) is 23.9 Å². The van der Waals surface area contributed by atoms with Gasteiger partial charge in [-0.05, 0) is 55.5 Å². The molecule has 184 valence electrons. The van der Waals surface area contributed by atoms with Crippen molar-refractivity contribution < 1.29 is 23.9 Å². The molecule has 0 spiro atoms. The lowest BCUT2D eigenvalue weighted by Crippen LogP contribution is -2.49. The number of aromatic nitrogens is 1. The maximum atomic E-state index is 14.2. The molecule has 2 aliphatic heterocycles. The normalized spacial score (nSPS) is 24.9. The molecular weight excluding hydrogens is 449 g/mol. The molecule has 2 aromatic rings. The van der Waals surface area contributed by atoms with E-state index in [1.165, 1.54) is 23.1 Å². The predicted octanol–water partition coefficient (Wildman–Crippen LogP) is 3.06. The van der Waals surface area contributed by atoms with Crippen LogP contribution in [-0.4, -0.2) is 56.7 Å². The number of pyridine rings is 1. The quantitative estimate of drug-likeness (QED) is 0.666. The third-order valence-corrected chi connectivity index (χ3v) is 7.95. The van der Waals surface area contributed by atoms with Crippen LogP contribution in [0.4, 0.5) is 4.39 Å². The first-order chi connectivity index (χ1) is 16.8. The number of halogens is 1. The highest BCUT2D eigenvalue weighted by atomic mass is 19.1. The van der Waals surface area contributed by atoms with Gasteiger partial charge in [-0.1, -0.05) is 31.0 Å². The van der Waals surface area contributed by atoms with Crippen LogP contribution >= 0.6 is 0 Å². The zero-order valence-electron chi connectivity index (χ0n) is 19.7. The van der Waals surface area contributed by atoms with E-state index in [4.69, 9.17) is 0 Å². The van der Waals surface area contributed by atoms with Gasteiger partial charge < -0.3 is 10.0 Å². The molecule has 1 saturated carbocycles. The number of aliphatic hydroxyl groups is 1. The number of carbonyl (C=O) groups is 3. The highest BCUT2D eigenvalue weighted by Crippen LogP contribution is 2.43. The summed E-state index contributed by atoms with van der Waals surface area (Å²) in [4.78, 5) is 47.7.